The number of pyridine rings is 1. The molecule has 0 atom stereocenters. The number of nitrogens with zero attached hydrogens (tertiary/aromatic N) is 3. The van der Waals surface area contributed by atoms with Crippen LogP contribution in [0.25, 0.3) is 21.7 Å². The molecule has 0 unspecified atom stereocenters. The molecule has 204 valence electrons. The SMILES string of the molecule is O=S(=O)(Cc1ccc(F)c(-c2nc(N3CCC(F)(F)CC3)sc2-c2ccncc2)c1F)c1cc(F)ccc1F. The summed E-state index contributed by atoms with van der Waals surface area (Å²) in [6, 6.07) is 6.82. The maximum Gasteiger partial charge on any atom is 0.251 e. The van der Waals surface area contributed by atoms with Crippen molar-refractivity contribution in [2.75, 3.05) is 18.0 Å². The van der Waals surface area contributed by atoms with Crippen LogP contribution in [0.5, 0.6) is 0 Å². The van der Waals surface area contributed by atoms with Gasteiger partial charge in [0.25, 0.3) is 5.92 Å². The van der Waals surface area contributed by atoms with Crippen LogP contribution < -0.4 is 4.90 Å². The van der Waals surface area contributed by atoms with Crippen LogP contribution in [-0.2, 0) is 15.6 Å². The summed E-state index contributed by atoms with van der Waals surface area (Å²) >= 11 is 1.05. The second-order valence-corrected chi connectivity index (χ2v) is 11.9. The molecule has 13 heteroatoms. The van der Waals surface area contributed by atoms with Gasteiger partial charge in [0.2, 0.25) is 0 Å². The Balaban J connectivity index is 1.60. The minimum Gasteiger partial charge on any atom is -0.348 e. The first-order chi connectivity index (χ1) is 18.4. The molecule has 1 aliphatic heterocycles. The molecule has 1 fully saturated rings. The van der Waals surface area contributed by atoms with E-state index in [9.17, 15) is 26.0 Å². The van der Waals surface area contributed by atoms with Gasteiger partial charge in [0.15, 0.2) is 15.0 Å². The molecule has 0 N–H and O–H groups in total. The molecular formula is C26H19F6N3O2S2. The summed E-state index contributed by atoms with van der Waals surface area (Å²) in [5, 5.41) is 0.269. The summed E-state index contributed by atoms with van der Waals surface area (Å²) in [5.74, 6) is -8.38. The molecule has 1 saturated heterocycles. The van der Waals surface area contributed by atoms with Crippen LogP contribution in [0.15, 0.2) is 59.8 Å². The minimum atomic E-state index is -4.57. The molecule has 0 amide bonds. The Morgan fingerprint density at radius 3 is 2.28 bits per heavy atom. The van der Waals surface area contributed by atoms with Crippen molar-refractivity contribution in [3.8, 4) is 21.7 Å². The van der Waals surface area contributed by atoms with Gasteiger partial charge >= 0.3 is 0 Å². The van der Waals surface area contributed by atoms with Crippen LogP contribution in [0.3, 0.4) is 0 Å². The summed E-state index contributed by atoms with van der Waals surface area (Å²) in [6.07, 6.45) is 2.12. The molecule has 1 aliphatic rings. The van der Waals surface area contributed by atoms with Crippen LogP contribution in [0.1, 0.15) is 18.4 Å². The fourth-order valence-corrected chi connectivity index (χ4v) is 6.83. The average molecular weight is 584 g/mol. The summed E-state index contributed by atoms with van der Waals surface area (Å²) in [7, 11) is -4.57. The largest absolute Gasteiger partial charge is 0.348 e. The van der Waals surface area contributed by atoms with Crippen molar-refractivity contribution in [3.63, 3.8) is 0 Å². The van der Waals surface area contributed by atoms with Crippen molar-refractivity contribution in [1.29, 1.82) is 0 Å². The summed E-state index contributed by atoms with van der Waals surface area (Å²) in [6.45, 7) is -0.0314. The highest BCUT2D eigenvalue weighted by atomic mass is 32.2. The van der Waals surface area contributed by atoms with E-state index in [1.807, 2.05) is 0 Å². The van der Waals surface area contributed by atoms with Crippen molar-refractivity contribution in [2.45, 2.75) is 29.4 Å². The van der Waals surface area contributed by atoms with Gasteiger partial charge in [-0.2, -0.15) is 0 Å². The molecule has 3 heterocycles. The lowest BCUT2D eigenvalue weighted by atomic mass is 10.0. The van der Waals surface area contributed by atoms with E-state index in [0.29, 0.717) is 22.6 Å². The number of rotatable bonds is 6. The Kier molecular flexibility index (Phi) is 7.14. The normalized spacial score (nSPS) is 15.5. The quantitative estimate of drug-likeness (QED) is 0.238. The van der Waals surface area contributed by atoms with Crippen molar-refractivity contribution in [3.05, 3.63) is 83.7 Å². The minimum absolute atomic E-state index is 0.0157. The van der Waals surface area contributed by atoms with Gasteiger partial charge in [-0.1, -0.05) is 17.4 Å². The lowest BCUT2D eigenvalue weighted by Crippen LogP contribution is -2.39. The third-order valence-corrected chi connectivity index (χ3v) is 9.14. The second-order valence-electron chi connectivity index (χ2n) is 8.98. The van der Waals surface area contributed by atoms with Gasteiger partial charge in [-0.25, -0.2) is 39.7 Å². The molecule has 2 aromatic heterocycles. The monoisotopic (exact) mass is 583 g/mol. The zero-order chi connectivity index (χ0) is 27.9. The number of piperidine rings is 1. The summed E-state index contributed by atoms with van der Waals surface area (Å²) in [5.41, 5.74) is -0.753. The number of alkyl halides is 2. The van der Waals surface area contributed by atoms with Gasteiger partial charge < -0.3 is 4.90 Å². The number of hydrogen-bond donors (Lipinski definition) is 0. The Morgan fingerprint density at radius 1 is 0.923 bits per heavy atom. The summed E-state index contributed by atoms with van der Waals surface area (Å²) < 4.78 is 112. The number of thiazole rings is 1. The van der Waals surface area contributed by atoms with Crippen LogP contribution in [0.2, 0.25) is 0 Å². The van der Waals surface area contributed by atoms with Crippen LogP contribution in [-0.4, -0.2) is 37.4 Å². The van der Waals surface area contributed by atoms with Crippen LogP contribution in [0, 0.1) is 23.3 Å². The number of aromatic nitrogens is 2. The van der Waals surface area contributed by atoms with Gasteiger partial charge in [-0.15, -0.1) is 0 Å². The molecular weight excluding hydrogens is 564 g/mol. The van der Waals surface area contributed by atoms with E-state index in [2.05, 4.69) is 9.97 Å². The van der Waals surface area contributed by atoms with Crippen molar-refractivity contribution >= 4 is 26.3 Å². The molecule has 0 bridgehead atoms. The fourth-order valence-electron chi connectivity index (χ4n) is 4.26. The predicted octanol–water partition coefficient (Wildman–Crippen LogP) is 6.64. The lowest BCUT2D eigenvalue weighted by molar-refractivity contribution is -0.0220. The fraction of sp³-hybridized carbons (Fsp3) is 0.231. The number of hydrogen-bond acceptors (Lipinski definition) is 6. The molecule has 39 heavy (non-hydrogen) atoms. The highest BCUT2D eigenvalue weighted by Crippen LogP contribution is 2.44. The van der Waals surface area contributed by atoms with Gasteiger partial charge in [0.05, 0.1) is 21.9 Å². The first-order valence-corrected chi connectivity index (χ1v) is 14.1. The van der Waals surface area contributed by atoms with E-state index in [4.69, 9.17) is 0 Å². The first kappa shape index (κ1) is 27.1. The lowest BCUT2D eigenvalue weighted by Gasteiger charge is -2.31. The molecule has 0 radical (unpaired) electrons. The third kappa shape index (κ3) is 5.50. The predicted molar refractivity (Wildman–Crippen MR) is 134 cm³/mol. The number of halogens is 6. The Labute approximate surface area is 223 Å². The standard InChI is InChI=1S/C26H19F6N3O2S2/c27-17-2-4-18(28)20(13-17)39(36,37)14-16-1-3-19(29)21(22(16)30)23-24(15-5-9-33-10-6-15)38-25(34-23)35-11-7-26(31,32)8-12-35/h1-6,9-10,13H,7-8,11-12,14H2. The molecule has 0 saturated carbocycles. The smallest absolute Gasteiger partial charge is 0.251 e. The molecule has 0 spiro atoms. The Bertz CT molecular complexity index is 1640. The number of benzene rings is 2. The summed E-state index contributed by atoms with van der Waals surface area (Å²) in [4.78, 5) is 9.31. The molecule has 5 nitrogen and oxygen atoms in total. The van der Waals surface area contributed by atoms with Crippen molar-refractivity contribution < 1.29 is 34.8 Å². The van der Waals surface area contributed by atoms with E-state index in [1.54, 1.807) is 17.0 Å². The van der Waals surface area contributed by atoms with Crippen molar-refractivity contribution in [1.82, 2.24) is 9.97 Å². The van der Waals surface area contributed by atoms with Crippen molar-refractivity contribution in [2.24, 2.45) is 0 Å². The maximum atomic E-state index is 15.9. The highest BCUT2D eigenvalue weighted by molar-refractivity contribution is 7.90. The zero-order valence-corrected chi connectivity index (χ0v) is 21.6. The van der Waals surface area contributed by atoms with E-state index in [1.165, 1.54) is 12.4 Å². The second kappa shape index (κ2) is 10.3. The maximum absolute atomic E-state index is 15.9. The zero-order valence-electron chi connectivity index (χ0n) is 20.0. The first-order valence-electron chi connectivity index (χ1n) is 11.6. The van der Waals surface area contributed by atoms with E-state index < -0.39 is 73.6 Å². The van der Waals surface area contributed by atoms with Gasteiger partial charge in [-0.3, -0.25) is 4.98 Å². The van der Waals surface area contributed by atoms with Gasteiger partial charge in [0, 0.05) is 43.9 Å². The highest BCUT2D eigenvalue weighted by Gasteiger charge is 2.36. The van der Waals surface area contributed by atoms with Gasteiger partial charge in [0.1, 0.15) is 28.2 Å². The topological polar surface area (TPSA) is 63.2 Å². The van der Waals surface area contributed by atoms with Crippen LogP contribution >= 0.6 is 11.3 Å². The van der Waals surface area contributed by atoms with E-state index in [-0.39, 0.29) is 23.9 Å². The number of sulfone groups is 1. The molecule has 2 aromatic carbocycles. The molecule has 0 aliphatic carbocycles. The Hall–Kier alpha value is -3.45. The van der Waals surface area contributed by atoms with E-state index in [0.717, 1.165) is 29.5 Å². The molecule has 5 rings (SSSR count). The third-order valence-electron chi connectivity index (χ3n) is 6.31. The average Bonchev–Trinajstić information content (AvgIpc) is 3.32. The number of anilines is 1. The van der Waals surface area contributed by atoms with Gasteiger partial charge in [-0.05, 0) is 42.0 Å². The Morgan fingerprint density at radius 2 is 1.59 bits per heavy atom. The van der Waals surface area contributed by atoms with E-state index >= 15 is 8.78 Å². The van der Waals surface area contributed by atoms with Crippen LogP contribution in [0.4, 0.5) is 31.5 Å². The molecule has 4 aromatic rings.